The second kappa shape index (κ2) is 5.30. The van der Waals surface area contributed by atoms with Crippen molar-refractivity contribution in [1.82, 2.24) is 4.90 Å². The second-order valence-corrected chi connectivity index (χ2v) is 6.38. The van der Waals surface area contributed by atoms with Crippen molar-refractivity contribution in [3.05, 3.63) is 21.9 Å². The van der Waals surface area contributed by atoms with Crippen molar-refractivity contribution in [1.29, 1.82) is 0 Å². The Labute approximate surface area is 102 Å². The fraction of sp³-hybridized carbons (Fsp3) is 0.692. The Hall–Kier alpha value is -0.380. The van der Waals surface area contributed by atoms with E-state index in [4.69, 9.17) is 5.73 Å². The van der Waals surface area contributed by atoms with Gasteiger partial charge < -0.3 is 5.73 Å². The number of rotatable bonds is 6. The molecule has 0 bridgehead atoms. The molecule has 1 aromatic heterocycles. The Morgan fingerprint density at radius 1 is 1.38 bits per heavy atom. The van der Waals surface area contributed by atoms with Gasteiger partial charge in [-0.05, 0) is 30.9 Å². The molecular weight excluding hydrogens is 216 g/mol. The summed E-state index contributed by atoms with van der Waals surface area (Å²) < 4.78 is 0. The highest BCUT2D eigenvalue weighted by atomic mass is 32.1. The maximum absolute atomic E-state index is 5.64. The number of thiophene rings is 1. The first-order chi connectivity index (χ1) is 7.69. The molecule has 2 nitrogen and oxygen atoms in total. The standard InChI is InChI=1S/C13H22N2S/c1-10(2)8-15(11-3-4-11)9-13-6-5-12(7-14)16-13/h5-6,10-11H,3-4,7-9,14H2,1-2H3. The van der Waals surface area contributed by atoms with E-state index in [0.29, 0.717) is 6.54 Å². The van der Waals surface area contributed by atoms with Gasteiger partial charge in [-0.1, -0.05) is 13.8 Å². The van der Waals surface area contributed by atoms with E-state index in [2.05, 4.69) is 30.9 Å². The van der Waals surface area contributed by atoms with Gasteiger partial charge in [0.05, 0.1) is 0 Å². The summed E-state index contributed by atoms with van der Waals surface area (Å²) in [5.74, 6) is 0.759. The van der Waals surface area contributed by atoms with E-state index in [1.54, 1.807) is 0 Å². The van der Waals surface area contributed by atoms with E-state index in [1.807, 2.05) is 11.3 Å². The quantitative estimate of drug-likeness (QED) is 0.825. The van der Waals surface area contributed by atoms with E-state index in [1.165, 1.54) is 29.1 Å². The molecule has 1 fully saturated rings. The van der Waals surface area contributed by atoms with Crippen molar-refractivity contribution in [2.24, 2.45) is 11.7 Å². The van der Waals surface area contributed by atoms with Crippen LogP contribution in [-0.4, -0.2) is 17.5 Å². The highest BCUT2D eigenvalue weighted by Gasteiger charge is 2.29. The summed E-state index contributed by atoms with van der Waals surface area (Å²) in [6.45, 7) is 7.62. The Kier molecular flexibility index (Phi) is 4.00. The summed E-state index contributed by atoms with van der Waals surface area (Å²) in [6.07, 6.45) is 2.78. The van der Waals surface area contributed by atoms with Gasteiger partial charge >= 0.3 is 0 Å². The predicted octanol–water partition coefficient (Wildman–Crippen LogP) is 2.83. The largest absolute Gasteiger partial charge is 0.326 e. The molecule has 1 saturated carbocycles. The molecule has 90 valence electrons. The maximum Gasteiger partial charge on any atom is 0.0331 e. The van der Waals surface area contributed by atoms with Crippen LogP contribution in [0.15, 0.2) is 12.1 Å². The van der Waals surface area contributed by atoms with Gasteiger partial charge in [-0.15, -0.1) is 11.3 Å². The van der Waals surface area contributed by atoms with Crippen LogP contribution in [0.2, 0.25) is 0 Å². The fourth-order valence-electron chi connectivity index (χ4n) is 2.07. The molecule has 0 radical (unpaired) electrons. The molecule has 0 aromatic carbocycles. The third kappa shape index (κ3) is 3.30. The zero-order valence-corrected chi connectivity index (χ0v) is 11.1. The highest BCUT2D eigenvalue weighted by molar-refractivity contribution is 7.11. The average Bonchev–Trinajstić information content (AvgIpc) is 2.98. The minimum atomic E-state index is 0.679. The molecule has 0 aliphatic heterocycles. The molecule has 1 aliphatic rings. The normalized spacial score (nSPS) is 16.3. The van der Waals surface area contributed by atoms with Crippen LogP contribution in [0.1, 0.15) is 36.4 Å². The van der Waals surface area contributed by atoms with Gasteiger partial charge in [0.2, 0.25) is 0 Å². The molecule has 3 heteroatoms. The molecule has 2 N–H and O–H groups in total. The van der Waals surface area contributed by atoms with Crippen molar-refractivity contribution < 1.29 is 0 Å². The van der Waals surface area contributed by atoms with Crippen LogP contribution in [0.3, 0.4) is 0 Å². The monoisotopic (exact) mass is 238 g/mol. The first-order valence-corrected chi connectivity index (χ1v) is 7.02. The molecule has 1 aromatic rings. The lowest BCUT2D eigenvalue weighted by molar-refractivity contribution is 0.228. The average molecular weight is 238 g/mol. The molecule has 16 heavy (non-hydrogen) atoms. The Bertz CT molecular complexity index is 328. The highest BCUT2D eigenvalue weighted by Crippen LogP contribution is 2.30. The van der Waals surface area contributed by atoms with E-state index in [9.17, 15) is 0 Å². The van der Waals surface area contributed by atoms with Crippen LogP contribution >= 0.6 is 11.3 Å². The smallest absolute Gasteiger partial charge is 0.0331 e. The molecule has 1 heterocycles. The van der Waals surface area contributed by atoms with Crippen molar-refractivity contribution in [3.63, 3.8) is 0 Å². The van der Waals surface area contributed by atoms with Crippen LogP contribution in [0.25, 0.3) is 0 Å². The third-order valence-electron chi connectivity index (χ3n) is 2.94. The van der Waals surface area contributed by atoms with Crippen LogP contribution in [-0.2, 0) is 13.1 Å². The summed E-state index contributed by atoms with van der Waals surface area (Å²) in [5, 5.41) is 0. The first-order valence-electron chi connectivity index (χ1n) is 6.20. The molecular formula is C13H22N2S. The second-order valence-electron chi connectivity index (χ2n) is 5.13. The minimum Gasteiger partial charge on any atom is -0.326 e. The zero-order valence-electron chi connectivity index (χ0n) is 10.3. The van der Waals surface area contributed by atoms with E-state index < -0.39 is 0 Å². The number of hydrogen-bond donors (Lipinski definition) is 1. The lowest BCUT2D eigenvalue weighted by Gasteiger charge is -2.23. The molecule has 0 atom stereocenters. The SMILES string of the molecule is CC(C)CN(Cc1ccc(CN)s1)C1CC1. The molecule has 0 unspecified atom stereocenters. The van der Waals surface area contributed by atoms with Gasteiger partial charge in [-0.2, -0.15) is 0 Å². The Morgan fingerprint density at radius 3 is 2.56 bits per heavy atom. The number of hydrogen-bond acceptors (Lipinski definition) is 3. The Morgan fingerprint density at radius 2 is 2.06 bits per heavy atom. The van der Waals surface area contributed by atoms with Gasteiger partial charge in [0.15, 0.2) is 0 Å². The first kappa shape index (κ1) is 12.1. The van der Waals surface area contributed by atoms with E-state index >= 15 is 0 Å². The topological polar surface area (TPSA) is 29.3 Å². The molecule has 1 aliphatic carbocycles. The van der Waals surface area contributed by atoms with Crippen molar-refractivity contribution in [3.8, 4) is 0 Å². The predicted molar refractivity (Wildman–Crippen MR) is 70.5 cm³/mol. The molecule has 2 rings (SSSR count). The third-order valence-corrected chi connectivity index (χ3v) is 4.03. The van der Waals surface area contributed by atoms with Gasteiger partial charge in [-0.25, -0.2) is 0 Å². The fourth-order valence-corrected chi connectivity index (χ4v) is 2.99. The van der Waals surface area contributed by atoms with Crippen molar-refractivity contribution >= 4 is 11.3 Å². The van der Waals surface area contributed by atoms with Crippen molar-refractivity contribution in [2.75, 3.05) is 6.54 Å². The lowest BCUT2D eigenvalue weighted by Crippen LogP contribution is -2.29. The van der Waals surface area contributed by atoms with Crippen LogP contribution in [0, 0.1) is 5.92 Å². The summed E-state index contributed by atoms with van der Waals surface area (Å²) in [6, 6.07) is 5.26. The van der Waals surface area contributed by atoms with Gasteiger partial charge in [0.25, 0.3) is 0 Å². The van der Waals surface area contributed by atoms with Crippen LogP contribution in [0.4, 0.5) is 0 Å². The lowest BCUT2D eigenvalue weighted by atomic mass is 10.2. The van der Waals surface area contributed by atoms with Crippen LogP contribution < -0.4 is 5.73 Å². The van der Waals surface area contributed by atoms with Crippen molar-refractivity contribution in [2.45, 2.75) is 45.8 Å². The summed E-state index contributed by atoms with van der Waals surface area (Å²) in [5.41, 5.74) is 5.64. The summed E-state index contributed by atoms with van der Waals surface area (Å²) in [7, 11) is 0. The van der Waals surface area contributed by atoms with Gasteiger partial charge in [-0.3, -0.25) is 4.90 Å². The summed E-state index contributed by atoms with van der Waals surface area (Å²) in [4.78, 5) is 5.40. The van der Waals surface area contributed by atoms with E-state index in [-0.39, 0.29) is 0 Å². The summed E-state index contributed by atoms with van der Waals surface area (Å²) >= 11 is 1.87. The maximum atomic E-state index is 5.64. The zero-order chi connectivity index (χ0) is 11.5. The number of nitrogens with zero attached hydrogens (tertiary/aromatic N) is 1. The van der Waals surface area contributed by atoms with Gasteiger partial charge in [0.1, 0.15) is 0 Å². The van der Waals surface area contributed by atoms with Gasteiger partial charge in [0, 0.05) is 35.4 Å². The minimum absolute atomic E-state index is 0.679. The van der Waals surface area contributed by atoms with Crippen LogP contribution in [0.5, 0.6) is 0 Å². The number of nitrogens with two attached hydrogens (primary N) is 1. The van der Waals surface area contributed by atoms with E-state index in [0.717, 1.165) is 18.5 Å². The molecule has 0 saturated heterocycles. The molecule has 0 amide bonds. The molecule has 0 spiro atoms. The Balaban J connectivity index is 1.93.